The first-order valence-electron chi connectivity index (χ1n) is 7.83. The van der Waals surface area contributed by atoms with Gasteiger partial charge in [0.25, 0.3) is 0 Å². The van der Waals surface area contributed by atoms with Gasteiger partial charge in [-0.15, -0.1) is 0 Å². The van der Waals surface area contributed by atoms with Gasteiger partial charge in [0, 0.05) is 18.0 Å². The number of carbonyl (C=O) groups is 2. The largest absolute Gasteiger partial charge is 0.495 e. The highest BCUT2D eigenvalue weighted by atomic mass is 16.5. The molecule has 6 nitrogen and oxygen atoms in total. The molecule has 0 aliphatic carbocycles. The van der Waals surface area contributed by atoms with E-state index in [4.69, 9.17) is 10.5 Å². The molecule has 2 amide bonds. The highest BCUT2D eigenvalue weighted by Crippen LogP contribution is 2.27. The third-order valence-electron chi connectivity index (χ3n) is 3.73. The molecular formula is C18H23N3O3. The molecule has 0 bridgehead atoms. The Kier molecular flexibility index (Phi) is 5.63. The van der Waals surface area contributed by atoms with Gasteiger partial charge in [0.05, 0.1) is 12.8 Å². The van der Waals surface area contributed by atoms with E-state index in [1.807, 2.05) is 29.1 Å². The Morgan fingerprint density at radius 3 is 2.46 bits per heavy atom. The number of methoxy groups -OCH3 is 1. The number of ether oxygens (including phenoxy) is 1. The Morgan fingerprint density at radius 2 is 1.92 bits per heavy atom. The van der Waals surface area contributed by atoms with Gasteiger partial charge in [0.2, 0.25) is 11.8 Å². The molecule has 0 saturated heterocycles. The van der Waals surface area contributed by atoms with Gasteiger partial charge in [-0.25, -0.2) is 0 Å². The predicted octanol–water partition coefficient (Wildman–Crippen LogP) is 2.82. The van der Waals surface area contributed by atoms with Crippen LogP contribution in [-0.4, -0.2) is 23.5 Å². The summed E-state index contributed by atoms with van der Waals surface area (Å²) in [5, 5.41) is 2.86. The molecular weight excluding hydrogens is 306 g/mol. The molecule has 0 saturated carbocycles. The molecule has 0 aliphatic heterocycles. The van der Waals surface area contributed by atoms with Gasteiger partial charge in [-0.3, -0.25) is 9.59 Å². The van der Waals surface area contributed by atoms with Crippen molar-refractivity contribution in [1.29, 1.82) is 0 Å². The van der Waals surface area contributed by atoms with E-state index in [2.05, 4.69) is 19.2 Å². The fourth-order valence-electron chi connectivity index (χ4n) is 2.54. The lowest BCUT2D eigenvalue weighted by Crippen LogP contribution is -2.27. The van der Waals surface area contributed by atoms with Crippen LogP contribution in [0.1, 0.15) is 36.7 Å². The molecule has 0 aliphatic rings. The summed E-state index contributed by atoms with van der Waals surface area (Å²) in [6.45, 7) is 4.14. The number of amides is 2. The number of aromatic nitrogens is 1. The molecule has 1 aromatic carbocycles. The van der Waals surface area contributed by atoms with Crippen LogP contribution >= 0.6 is 0 Å². The minimum atomic E-state index is -0.558. The molecule has 0 unspecified atom stereocenters. The number of benzene rings is 1. The van der Waals surface area contributed by atoms with E-state index in [0.717, 1.165) is 0 Å². The molecule has 0 fully saturated rings. The standard InChI is InChI=1S/C18H23N3O3/c1-12(2)10-15(21-8-4-5-9-21)18(23)20-14-11-13(17(19)22)6-7-16(14)24-3/h4-9,11-12,15H,10H2,1-3H3,(H2,19,22)(H,20,23)/t15-/m0/s1. The summed E-state index contributed by atoms with van der Waals surface area (Å²) < 4.78 is 7.13. The van der Waals surface area contributed by atoms with Crippen molar-refractivity contribution in [2.45, 2.75) is 26.3 Å². The highest BCUT2D eigenvalue weighted by molar-refractivity contribution is 5.98. The van der Waals surface area contributed by atoms with Crippen LogP contribution in [0.5, 0.6) is 5.75 Å². The highest BCUT2D eigenvalue weighted by Gasteiger charge is 2.22. The summed E-state index contributed by atoms with van der Waals surface area (Å²) in [5.74, 6) is 0.100. The van der Waals surface area contributed by atoms with Crippen molar-refractivity contribution >= 4 is 17.5 Å². The van der Waals surface area contributed by atoms with Crippen molar-refractivity contribution in [3.8, 4) is 5.75 Å². The molecule has 0 radical (unpaired) electrons. The third-order valence-corrected chi connectivity index (χ3v) is 3.73. The number of nitrogens with one attached hydrogen (secondary N) is 1. The van der Waals surface area contributed by atoms with Crippen LogP contribution in [0.2, 0.25) is 0 Å². The van der Waals surface area contributed by atoms with E-state index in [1.165, 1.54) is 13.2 Å². The molecule has 1 heterocycles. The number of rotatable bonds is 7. The summed E-state index contributed by atoms with van der Waals surface area (Å²) in [4.78, 5) is 24.2. The number of nitrogens with zero attached hydrogens (tertiary/aromatic N) is 1. The number of anilines is 1. The SMILES string of the molecule is COc1ccc(C(N)=O)cc1NC(=O)[C@H](CC(C)C)n1cccc1. The summed E-state index contributed by atoms with van der Waals surface area (Å²) in [7, 11) is 1.51. The first-order valence-corrected chi connectivity index (χ1v) is 7.83. The zero-order valence-electron chi connectivity index (χ0n) is 14.2. The van der Waals surface area contributed by atoms with E-state index in [-0.39, 0.29) is 11.9 Å². The Bertz CT molecular complexity index is 708. The molecule has 2 rings (SSSR count). The van der Waals surface area contributed by atoms with Crippen LogP contribution in [0.25, 0.3) is 0 Å². The maximum atomic E-state index is 12.8. The van der Waals surface area contributed by atoms with Crippen molar-refractivity contribution in [2.24, 2.45) is 11.7 Å². The molecule has 3 N–H and O–H groups in total. The number of carbonyl (C=O) groups excluding carboxylic acids is 2. The minimum absolute atomic E-state index is 0.167. The fraction of sp³-hybridized carbons (Fsp3) is 0.333. The van der Waals surface area contributed by atoms with Gasteiger partial charge in [-0.05, 0) is 42.7 Å². The Hall–Kier alpha value is -2.76. The normalized spacial score (nSPS) is 12.0. The smallest absolute Gasteiger partial charge is 0.248 e. The second kappa shape index (κ2) is 7.68. The van der Waals surface area contributed by atoms with Gasteiger partial charge in [0.15, 0.2) is 0 Å². The van der Waals surface area contributed by atoms with E-state index in [9.17, 15) is 9.59 Å². The average molecular weight is 329 g/mol. The lowest BCUT2D eigenvalue weighted by molar-refractivity contribution is -0.119. The molecule has 1 aromatic heterocycles. The monoisotopic (exact) mass is 329 g/mol. The summed E-state index contributed by atoms with van der Waals surface area (Å²) in [5.41, 5.74) is 6.05. The number of nitrogens with two attached hydrogens (primary N) is 1. The van der Waals surface area contributed by atoms with Crippen LogP contribution in [0, 0.1) is 5.92 Å². The zero-order chi connectivity index (χ0) is 17.7. The topological polar surface area (TPSA) is 86.3 Å². The molecule has 0 spiro atoms. The number of hydrogen-bond acceptors (Lipinski definition) is 3. The molecule has 6 heteroatoms. The average Bonchev–Trinajstić information content (AvgIpc) is 3.06. The minimum Gasteiger partial charge on any atom is -0.495 e. The van der Waals surface area contributed by atoms with Crippen molar-refractivity contribution in [3.63, 3.8) is 0 Å². The van der Waals surface area contributed by atoms with E-state index in [1.54, 1.807) is 12.1 Å². The second-order valence-corrected chi connectivity index (χ2v) is 6.04. The van der Waals surface area contributed by atoms with Gasteiger partial charge < -0.3 is 20.4 Å². The quantitative estimate of drug-likeness (QED) is 0.819. The Morgan fingerprint density at radius 1 is 1.25 bits per heavy atom. The lowest BCUT2D eigenvalue weighted by atomic mass is 10.0. The van der Waals surface area contributed by atoms with E-state index < -0.39 is 5.91 Å². The molecule has 128 valence electrons. The third kappa shape index (κ3) is 4.16. The number of primary amides is 1. The van der Waals surface area contributed by atoms with Crippen LogP contribution < -0.4 is 15.8 Å². The van der Waals surface area contributed by atoms with Crippen LogP contribution in [-0.2, 0) is 4.79 Å². The van der Waals surface area contributed by atoms with Gasteiger partial charge in [-0.1, -0.05) is 13.8 Å². The second-order valence-electron chi connectivity index (χ2n) is 6.04. The van der Waals surface area contributed by atoms with Gasteiger partial charge in [0.1, 0.15) is 11.8 Å². The van der Waals surface area contributed by atoms with E-state index >= 15 is 0 Å². The van der Waals surface area contributed by atoms with E-state index in [0.29, 0.717) is 29.3 Å². The predicted molar refractivity (Wildman–Crippen MR) is 93.1 cm³/mol. The summed E-state index contributed by atoms with van der Waals surface area (Å²) in [6.07, 6.45) is 4.42. The maximum Gasteiger partial charge on any atom is 0.248 e. The van der Waals surface area contributed by atoms with Crippen LogP contribution in [0.15, 0.2) is 42.7 Å². The van der Waals surface area contributed by atoms with Crippen LogP contribution in [0.3, 0.4) is 0 Å². The van der Waals surface area contributed by atoms with Crippen molar-refractivity contribution in [2.75, 3.05) is 12.4 Å². The fourth-order valence-corrected chi connectivity index (χ4v) is 2.54. The zero-order valence-corrected chi connectivity index (χ0v) is 14.2. The summed E-state index contributed by atoms with van der Waals surface area (Å²) in [6, 6.07) is 8.13. The maximum absolute atomic E-state index is 12.8. The molecule has 2 aromatic rings. The van der Waals surface area contributed by atoms with Gasteiger partial charge in [-0.2, -0.15) is 0 Å². The Balaban J connectivity index is 2.29. The first kappa shape index (κ1) is 17.6. The van der Waals surface area contributed by atoms with Gasteiger partial charge >= 0.3 is 0 Å². The lowest BCUT2D eigenvalue weighted by Gasteiger charge is -2.21. The van der Waals surface area contributed by atoms with Crippen LogP contribution in [0.4, 0.5) is 5.69 Å². The molecule has 24 heavy (non-hydrogen) atoms. The van der Waals surface area contributed by atoms with Crippen molar-refractivity contribution < 1.29 is 14.3 Å². The van der Waals surface area contributed by atoms with Crippen molar-refractivity contribution in [3.05, 3.63) is 48.3 Å². The van der Waals surface area contributed by atoms with Crippen molar-refractivity contribution in [1.82, 2.24) is 4.57 Å². The molecule has 1 atom stereocenters. The Labute approximate surface area is 141 Å². The summed E-state index contributed by atoms with van der Waals surface area (Å²) >= 11 is 0. The number of hydrogen-bond donors (Lipinski definition) is 2. The first-order chi connectivity index (χ1) is 11.4.